The summed E-state index contributed by atoms with van der Waals surface area (Å²) in [6.45, 7) is 2.03. The van der Waals surface area contributed by atoms with E-state index in [-0.39, 0.29) is 6.42 Å². The third kappa shape index (κ3) is 15.7. The molecule has 0 rings (SSSR count). The maximum absolute atomic E-state index is 13.2. The summed E-state index contributed by atoms with van der Waals surface area (Å²) in [5, 5.41) is 8.47. The van der Waals surface area contributed by atoms with Gasteiger partial charge in [-0.05, 0) is 25.0 Å². The van der Waals surface area contributed by atoms with Gasteiger partial charge in [-0.2, -0.15) is 11.8 Å². The third-order valence-electron chi connectivity index (χ3n) is 3.12. The lowest BCUT2D eigenvalue weighted by Gasteiger charge is -2.06. The number of hydrogen-bond donors (Lipinski definition) is 1. The summed E-state index contributed by atoms with van der Waals surface area (Å²) < 4.78 is 13.2. The van der Waals surface area contributed by atoms with Crippen molar-refractivity contribution >= 4 is 17.7 Å². The highest BCUT2D eigenvalue weighted by Gasteiger charge is 2.03. The van der Waals surface area contributed by atoms with Crippen LogP contribution in [-0.4, -0.2) is 28.8 Å². The minimum absolute atomic E-state index is 0.271. The number of thioether (sulfide) groups is 1. The average molecular weight is 292 g/mol. The summed E-state index contributed by atoms with van der Waals surface area (Å²) in [7, 11) is 0. The molecule has 0 radical (unpaired) electrons. The van der Waals surface area contributed by atoms with E-state index < -0.39 is 12.1 Å². The topological polar surface area (TPSA) is 37.3 Å². The van der Waals surface area contributed by atoms with Crippen LogP contribution in [0.4, 0.5) is 4.39 Å². The minimum Gasteiger partial charge on any atom is -0.481 e. The Balaban J connectivity index is 3.04. The Morgan fingerprint density at radius 2 is 1.68 bits per heavy atom. The summed E-state index contributed by atoms with van der Waals surface area (Å²) in [5.41, 5.74) is 0. The first-order chi connectivity index (χ1) is 9.16. The predicted molar refractivity (Wildman–Crippen MR) is 81.7 cm³/mol. The van der Waals surface area contributed by atoms with Crippen LogP contribution in [0.2, 0.25) is 0 Å². The molecule has 0 amide bonds. The third-order valence-corrected chi connectivity index (χ3v) is 4.19. The molecule has 1 N–H and O–H groups in total. The van der Waals surface area contributed by atoms with Crippen molar-refractivity contribution in [1.82, 2.24) is 0 Å². The second-order valence-corrected chi connectivity index (χ2v) is 6.28. The second-order valence-electron chi connectivity index (χ2n) is 5.05. The lowest BCUT2D eigenvalue weighted by Crippen LogP contribution is -1.98. The summed E-state index contributed by atoms with van der Waals surface area (Å²) in [4.78, 5) is 10.3. The molecule has 0 aliphatic rings. The summed E-state index contributed by atoms with van der Waals surface area (Å²) >= 11 is 1.73. The smallest absolute Gasteiger partial charge is 0.304 e. The first-order valence-electron chi connectivity index (χ1n) is 7.60. The Hall–Kier alpha value is -0.250. The molecule has 0 aliphatic carbocycles. The molecule has 4 heteroatoms. The molecule has 0 aliphatic heterocycles. The van der Waals surface area contributed by atoms with E-state index in [1.807, 2.05) is 6.92 Å². The summed E-state index contributed by atoms with van der Waals surface area (Å²) in [6, 6.07) is 0. The second kappa shape index (κ2) is 14.2. The van der Waals surface area contributed by atoms with Gasteiger partial charge in [-0.3, -0.25) is 4.79 Å². The molecule has 0 saturated heterocycles. The zero-order valence-corrected chi connectivity index (χ0v) is 13.0. The Morgan fingerprint density at radius 3 is 2.32 bits per heavy atom. The molecule has 0 aromatic carbocycles. The first kappa shape index (κ1) is 18.8. The lowest BCUT2D eigenvalue weighted by molar-refractivity contribution is -0.136. The molecule has 0 saturated carbocycles. The molecule has 0 bridgehead atoms. The van der Waals surface area contributed by atoms with Crippen LogP contribution < -0.4 is 0 Å². The molecular formula is C15H29FO2S. The standard InChI is InChI=1S/C15H29FO2S/c1-2-9-14(16)10-7-5-3-4-6-8-12-19-13-11-15(17)18/h14H,2-13H2,1H3,(H,17,18)/t14-/m0/s1. The van der Waals surface area contributed by atoms with Crippen molar-refractivity contribution in [1.29, 1.82) is 0 Å². The zero-order valence-electron chi connectivity index (χ0n) is 12.2. The van der Waals surface area contributed by atoms with Crippen molar-refractivity contribution in [2.45, 2.75) is 77.3 Å². The van der Waals surface area contributed by atoms with Crippen molar-refractivity contribution in [3.8, 4) is 0 Å². The molecule has 2 nitrogen and oxygen atoms in total. The van der Waals surface area contributed by atoms with Gasteiger partial charge in [0.1, 0.15) is 6.17 Å². The Kier molecular flexibility index (Phi) is 14.0. The van der Waals surface area contributed by atoms with Crippen molar-refractivity contribution in [3.63, 3.8) is 0 Å². The number of rotatable bonds is 14. The molecule has 0 heterocycles. The van der Waals surface area contributed by atoms with Gasteiger partial charge in [0.15, 0.2) is 0 Å². The van der Waals surface area contributed by atoms with Crippen LogP contribution in [0.5, 0.6) is 0 Å². The lowest BCUT2D eigenvalue weighted by atomic mass is 10.1. The SMILES string of the molecule is CCC[C@H](F)CCCCCCCCSCCC(=O)O. The highest BCUT2D eigenvalue weighted by atomic mass is 32.2. The molecule has 0 unspecified atom stereocenters. The molecule has 0 aromatic heterocycles. The number of alkyl halides is 1. The Bertz CT molecular complexity index is 212. The number of hydrogen-bond acceptors (Lipinski definition) is 2. The molecular weight excluding hydrogens is 263 g/mol. The van der Waals surface area contributed by atoms with Crippen LogP contribution in [0.25, 0.3) is 0 Å². The monoisotopic (exact) mass is 292 g/mol. The molecule has 0 spiro atoms. The van der Waals surface area contributed by atoms with E-state index in [9.17, 15) is 9.18 Å². The van der Waals surface area contributed by atoms with Crippen molar-refractivity contribution in [3.05, 3.63) is 0 Å². The van der Waals surface area contributed by atoms with E-state index in [4.69, 9.17) is 5.11 Å². The highest BCUT2D eigenvalue weighted by Crippen LogP contribution is 2.14. The highest BCUT2D eigenvalue weighted by molar-refractivity contribution is 7.99. The Morgan fingerprint density at radius 1 is 1.05 bits per heavy atom. The Labute approximate surface area is 121 Å². The van der Waals surface area contributed by atoms with Crippen LogP contribution in [0.15, 0.2) is 0 Å². The van der Waals surface area contributed by atoms with Gasteiger partial charge in [0, 0.05) is 5.75 Å². The van der Waals surface area contributed by atoms with Gasteiger partial charge in [-0.25, -0.2) is 4.39 Å². The quantitative estimate of drug-likeness (QED) is 0.454. The van der Waals surface area contributed by atoms with E-state index in [0.717, 1.165) is 37.2 Å². The molecule has 0 fully saturated rings. The fourth-order valence-electron chi connectivity index (χ4n) is 2.00. The van der Waals surface area contributed by atoms with Crippen molar-refractivity contribution in [2.24, 2.45) is 0 Å². The van der Waals surface area contributed by atoms with E-state index in [0.29, 0.717) is 6.42 Å². The van der Waals surface area contributed by atoms with Gasteiger partial charge in [-0.15, -0.1) is 0 Å². The number of aliphatic carboxylic acids is 1. The number of carboxylic acids is 1. The van der Waals surface area contributed by atoms with Gasteiger partial charge in [0.2, 0.25) is 0 Å². The van der Waals surface area contributed by atoms with Gasteiger partial charge in [0.05, 0.1) is 6.42 Å². The van der Waals surface area contributed by atoms with Crippen LogP contribution in [0.1, 0.15) is 71.1 Å². The maximum Gasteiger partial charge on any atom is 0.304 e. The van der Waals surface area contributed by atoms with E-state index in [1.54, 1.807) is 11.8 Å². The number of unbranched alkanes of at least 4 members (excludes halogenated alkanes) is 5. The van der Waals surface area contributed by atoms with Crippen LogP contribution in [-0.2, 0) is 4.79 Å². The van der Waals surface area contributed by atoms with Crippen LogP contribution >= 0.6 is 11.8 Å². The van der Waals surface area contributed by atoms with Gasteiger partial charge >= 0.3 is 5.97 Å². The fourth-order valence-corrected chi connectivity index (χ4v) is 2.93. The zero-order chi connectivity index (χ0) is 14.3. The first-order valence-corrected chi connectivity index (χ1v) is 8.76. The molecule has 114 valence electrons. The number of carboxylic acid groups (broad SMARTS) is 1. The molecule has 0 aromatic rings. The number of halogens is 1. The van der Waals surface area contributed by atoms with Crippen molar-refractivity contribution in [2.75, 3.05) is 11.5 Å². The summed E-state index contributed by atoms with van der Waals surface area (Å²) in [6.07, 6.45) is 9.07. The average Bonchev–Trinajstić information content (AvgIpc) is 2.36. The van der Waals surface area contributed by atoms with Gasteiger partial charge < -0.3 is 5.11 Å². The van der Waals surface area contributed by atoms with Gasteiger partial charge in [0.25, 0.3) is 0 Å². The minimum atomic E-state index is -0.707. The largest absolute Gasteiger partial charge is 0.481 e. The van der Waals surface area contributed by atoms with Crippen molar-refractivity contribution < 1.29 is 14.3 Å². The molecule has 1 atom stereocenters. The summed E-state index contributed by atoms with van der Waals surface area (Å²) in [5.74, 6) is 1.09. The van der Waals surface area contributed by atoms with E-state index in [2.05, 4.69) is 0 Å². The fraction of sp³-hybridized carbons (Fsp3) is 0.933. The van der Waals surface area contributed by atoms with Gasteiger partial charge in [-0.1, -0.05) is 45.4 Å². The van der Waals surface area contributed by atoms with Crippen LogP contribution in [0, 0.1) is 0 Å². The predicted octanol–water partition coefficient (Wildman–Crippen LogP) is 5.06. The van der Waals surface area contributed by atoms with E-state index in [1.165, 1.54) is 25.7 Å². The maximum atomic E-state index is 13.2. The van der Waals surface area contributed by atoms with Crippen LogP contribution in [0.3, 0.4) is 0 Å². The molecule has 19 heavy (non-hydrogen) atoms. The normalized spacial score (nSPS) is 12.5. The van der Waals surface area contributed by atoms with E-state index >= 15 is 0 Å². The number of carbonyl (C=O) groups is 1.